The van der Waals surface area contributed by atoms with Crippen LogP contribution in [0.25, 0.3) is 11.4 Å². The molecule has 1 unspecified atom stereocenters. The largest absolute Gasteiger partial charge is 0.337 e. The molecule has 2 aromatic carbocycles. The molecule has 1 saturated heterocycles. The molecule has 5 nitrogen and oxygen atoms in total. The lowest BCUT2D eigenvalue weighted by molar-refractivity contribution is -0.129. The van der Waals surface area contributed by atoms with Gasteiger partial charge in [-0.2, -0.15) is 4.98 Å². The van der Waals surface area contributed by atoms with E-state index < -0.39 is 0 Å². The summed E-state index contributed by atoms with van der Waals surface area (Å²) in [6.45, 7) is 0.396. The molecule has 1 aliphatic heterocycles. The van der Waals surface area contributed by atoms with Gasteiger partial charge in [-0.1, -0.05) is 47.6 Å². The van der Waals surface area contributed by atoms with Crippen molar-refractivity contribution in [3.63, 3.8) is 0 Å². The van der Waals surface area contributed by atoms with Crippen molar-refractivity contribution in [3.8, 4) is 11.4 Å². The smallest absolute Gasteiger partial charge is 0.249 e. The number of carbonyl (C=O) groups excluding carboxylic acids is 1. The standard InChI is InChI=1S/C19H16FN3O2/c20-15-8-6-13(7-9-15)12-23-16(10-11-17(23)24)19-21-18(22-25-19)14-4-2-1-3-5-14/h1-9,16H,10-12H2. The maximum Gasteiger partial charge on any atom is 0.249 e. The minimum atomic E-state index is -0.294. The Morgan fingerprint density at radius 1 is 1.12 bits per heavy atom. The van der Waals surface area contributed by atoms with Crippen LogP contribution in [0.1, 0.15) is 30.3 Å². The number of hydrogen-bond acceptors (Lipinski definition) is 4. The van der Waals surface area contributed by atoms with Gasteiger partial charge in [-0.25, -0.2) is 4.39 Å². The lowest BCUT2D eigenvalue weighted by atomic mass is 10.1. The number of rotatable bonds is 4. The fraction of sp³-hybridized carbons (Fsp3) is 0.211. The summed E-state index contributed by atoms with van der Waals surface area (Å²) in [4.78, 5) is 18.5. The molecular formula is C19H16FN3O2. The second-order valence-electron chi connectivity index (χ2n) is 6.02. The minimum Gasteiger partial charge on any atom is -0.337 e. The molecule has 25 heavy (non-hydrogen) atoms. The van der Waals surface area contributed by atoms with Crippen LogP contribution in [0.4, 0.5) is 4.39 Å². The Hall–Kier alpha value is -3.02. The molecule has 0 aliphatic carbocycles. The van der Waals surface area contributed by atoms with E-state index in [4.69, 9.17) is 4.52 Å². The van der Waals surface area contributed by atoms with E-state index in [0.29, 0.717) is 31.1 Å². The highest BCUT2D eigenvalue weighted by atomic mass is 19.1. The summed E-state index contributed by atoms with van der Waals surface area (Å²) in [6, 6.07) is 15.5. The fourth-order valence-corrected chi connectivity index (χ4v) is 3.05. The van der Waals surface area contributed by atoms with Crippen molar-refractivity contribution < 1.29 is 13.7 Å². The second kappa shape index (κ2) is 6.47. The highest BCUT2D eigenvalue weighted by molar-refractivity contribution is 5.78. The summed E-state index contributed by atoms with van der Waals surface area (Å²) in [6.07, 6.45) is 1.07. The SMILES string of the molecule is O=C1CCC(c2nc(-c3ccccc3)no2)N1Cc1ccc(F)cc1. The van der Waals surface area contributed by atoms with Crippen LogP contribution in [-0.4, -0.2) is 20.9 Å². The van der Waals surface area contributed by atoms with Gasteiger partial charge in [0.25, 0.3) is 0 Å². The van der Waals surface area contributed by atoms with Gasteiger partial charge < -0.3 is 9.42 Å². The van der Waals surface area contributed by atoms with Crippen LogP contribution >= 0.6 is 0 Å². The van der Waals surface area contributed by atoms with E-state index in [1.165, 1.54) is 12.1 Å². The van der Waals surface area contributed by atoms with Crippen LogP contribution in [0.2, 0.25) is 0 Å². The van der Waals surface area contributed by atoms with Crippen molar-refractivity contribution in [1.29, 1.82) is 0 Å². The van der Waals surface area contributed by atoms with Crippen LogP contribution in [0, 0.1) is 5.82 Å². The van der Waals surface area contributed by atoms with Gasteiger partial charge in [-0.3, -0.25) is 4.79 Å². The van der Waals surface area contributed by atoms with Crippen molar-refractivity contribution in [3.05, 3.63) is 71.9 Å². The topological polar surface area (TPSA) is 59.2 Å². The third-order valence-electron chi connectivity index (χ3n) is 4.35. The Kier molecular flexibility index (Phi) is 4.01. The predicted molar refractivity (Wildman–Crippen MR) is 88.7 cm³/mol. The Balaban J connectivity index is 1.57. The van der Waals surface area contributed by atoms with Gasteiger partial charge in [0.15, 0.2) is 0 Å². The number of benzene rings is 2. The first kappa shape index (κ1) is 15.5. The second-order valence-corrected chi connectivity index (χ2v) is 6.02. The van der Waals surface area contributed by atoms with Crippen molar-refractivity contribution >= 4 is 5.91 Å². The van der Waals surface area contributed by atoms with Gasteiger partial charge >= 0.3 is 0 Å². The monoisotopic (exact) mass is 337 g/mol. The molecule has 0 bridgehead atoms. The predicted octanol–water partition coefficient (Wildman–Crippen LogP) is 3.74. The highest BCUT2D eigenvalue weighted by Crippen LogP contribution is 2.34. The van der Waals surface area contributed by atoms with Crippen LogP contribution in [0.5, 0.6) is 0 Å². The van der Waals surface area contributed by atoms with Gasteiger partial charge in [0, 0.05) is 18.5 Å². The van der Waals surface area contributed by atoms with Crippen molar-refractivity contribution in [2.45, 2.75) is 25.4 Å². The average molecular weight is 337 g/mol. The summed E-state index contributed by atoms with van der Waals surface area (Å²) >= 11 is 0. The Morgan fingerprint density at radius 3 is 2.64 bits per heavy atom. The number of amides is 1. The fourth-order valence-electron chi connectivity index (χ4n) is 3.05. The summed E-state index contributed by atoms with van der Waals surface area (Å²) < 4.78 is 18.5. The van der Waals surface area contributed by atoms with Crippen LogP contribution in [0.3, 0.4) is 0 Å². The van der Waals surface area contributed by atoms with Gasteiger partial charge in [0.1, 0.15) is 11.9 Å². The van der Waals surface area contributed by atoms with E-state index in [2.05, 4.69) is 10.1 Å². The number of nitrogens with zero attached hydrogens (tertiary/aromatic N) is 3. The molecule has 0 spiro atoms. The molecule has 126 valence electrons. The molecule has 1 aliphatic rings. The molecule has 1 amide bonds. The molecule has 3 aromatic rings. The van der Waals surface area contributed by atoms with E-state index in [-0.39, 0.29) is 17.8 Å². The Morgan fingerprint density at radius 2 is 1.88 bits per heavy atom. The number of likely N-dealkylation sites (tertiary alicyclic amines) is 1. The van der Waals surface area contributed by atoms with E-state index >= 15 is 0 Å². The summed E-state index contributed by atoms with van der Waals surface area (Å²) in [7, 11) is 0. The molecule has 6 heteroatoms. The molecule has 4 rings (SSSR count). The zero-order valence-electron chi connectivity index (χ0n) is 13.4. The van der Waals surface area contributed by atoms with Gasteiger partial charge in [-0.05, 0) is 24.1 Å². The summed E-state index contributed by atoms with van der Waals surface area (Å²) in [5.74, 6) is 0.690. The van der Waals surface area contributed by atoms with Crippen LogP contribution in [0.15, 0.2) is 59.1 Å². The van der Waals surface area contributed by atoms with Gasteiger partial charge in [0.05, 0.1) is 0 Å². The Labute approximate surface area is 144 Å². The maximum atomic E-state index is 13.1. The van der Waals surface area contributed by atoms with Crippen molar-refractivity contribution in [2.24, 2.45) is 0 Å². The van der Waals surface area contributed by atoms with E-state index in [1.54, 1.807) is 17.0 Å². The number of carbonyl (C=O) groups is 1. The zero-order chi connectivity index (χ0) is 17.2. The van der Waals surface area contributed by atoms with Gasteiger partial charge in [-0.15, -0.1) is 0 Å². The third-order valence-corrected chi connectivity index (χ3v) is 4.35. The normalized spacial score (nSPS) is 17.2. The summed E-state index contributed by atoms with van der Waals surface area (Å²) in [5.41, 5.74) is 1.73. The van der Waals surface area contributed by atoms with Gasteiger partial charge in [0.2, 0.25) is 17.6 Å². The maximum absolute atomic E-state index is 13.1. The first-order valence-corrected chi connectivity index (χ1v) is 8.13. The van der Waals surface area contributed by atoms with Crippen LogP contribution < -0.4 is 0 Å². The third kappa shape index (κ3) is 3.15. The quantitative estimate of drug-likeness (QED) is 0.728. The minimum absolute atomic E-state index is 0.0359. The van der Waals surface area contributed by atoms with E-state index in [1.807, 2.05) is 30.3 Å². The summed E-state index contributed by atoms with van der Waals surface area (Å²) in [5, 5.41) is 4.04. The Bertz CT molecular complexity index is 877. The molecular weight excluding hydrogens is 321 g/mol. The number of hydrogen-bond donors (Lipinski definition) is 0. The zero-order valence-corrected chi connectivity index (χ0v) is 13.4. The first-order valence-electron chi connectivity index (χ1n) is 8.13. The highest BCUT2D eigenvalue weighted by Gasteiger charge is 2.36. The lowest BCUT2D eigenvalue weighted by Crippen LogP contribution is -2.27. The lowest BCUT2D eigenvalue weighted by Gasteiger charge is -2.22. The van der Waals surface area contributed by atoms with Crippen LogP contribution in [-0.2, 0) is 11.3 Å². The molecule has 1 fully saturated rings. The van der Waals surface area contributed by atoms with E-state index in [0.717, 1.165) is 11.1 Å². The number of aromatic nitrogens is 2. The number of halogens is 1. The molecule has 2 heterocycles. The average Bonchev–Trinajstić information content (AvgIpc) is 3.25. The molecule has 1 atom stereocenters. The van der Waals surface area contributed by atoms with Crippen molar-refractivity contribution in [1.82, 2.24) is 15.0 Å². The molecule has 0 saturated carbocycles. The molecule has 1 aromatic heterocycles. The van der Waals surface area contributed by atoms with Crippen molar-refractivity contribution in [2.75, 3.05) is 0 Å². The van der Waals surface area contributed by atoms with E-state index in [9.17, 15) is 9.18 Å². The molecule has 0 N–H and O–H groups in total. The molecule has 0 radical (unpaired) electrons. The first-order chi connectivity index (χ1) is 12.2.